The first-order valence-corrected chi connectivity index (χ1v) is 22.5. The second-order valence-corrected chi connectivity index (χ2v) is 18.7. The second kappa shape index (κ2) is 18.4. The van der Waals surface area contributed by atoms with E-state index in [0.29, 0.717) is 38.9 Å². The average molecular weight is 823 g/mol. The van der Waals surface area contributed by atoms with Crippen molar-refractivity contribution in [2.75, 3.05) is 39.3 Å². The maximum atomic E-state index is 12.4. The second-order valence-electron chi connectivity index (χ2n) is 16.9. The van der Waals surface area contributed by atoms with Crippen LogP contribution >= 0.6 is 22.7 Å². The number of thiophene rings is 2. The molecule has 58 heavy (non-hydrogen) atoms. The van der Waals surface area contributed by atoms with Gasteiger partial charge in [0, 0.05) is 29.0 Å². The van der Waals surface area contributed by atoms with Crippen molar-refractivity contribution >= 4 is 60.8 Å². The highest BCUT2D eigenvalue weighted by atomic mass is 32.1. The van der Waals surface area contributed by atoms with Crippen molar-refractivity contribution in [3.63, 3.8) is 0 Å². The van der Waals surface area contributed by atoms with Gasteiger partial charge in [0.05, 0.1) is 17.8 Å². The van der Waals surface area contributed by atoms with E-state index >= 15 is 0 Å². The van der Waals surface area contributed by atoms with Crippen LogP contribution in [0.3, 0.4) is 0 Å². The average Bonchev–Trinajstić information content (AvgIpc) is 4.07. The molecule has 5 heterocycles. The van der Waals surface area contributed by atoms with Crippen molar-refractivity contribution in [3.8, 4) is 0 Å². The molecule has 6 atom stereocenters. The number of carboxylic acid groups (broad SMARTS) is 3. The number of nitrogens with one attached hydrogen (secondary N) is 3. The lowest BCUT2D eigenvalue weighted by molar-refractivity contribution is -0.144. The summed E-state index contributed by atoms with van der Waals surface area (Å²) in [6.45, 7) is 6.78. The molecule has 3 aliphatic heterocycles. The summed E-state index contributed by atoms with van der Waals surface area (Å²) in [6, 6.07) is 21.2. The Balaban J connectivity index is 1.08. The van der Waals surface area contributed by atoms with Crippen molar-refractivity contribution in [2.45, 2.75) is 58.2 Å². The van der Waals surface area contributed by atoms with Crippen LogP contribution in [0.5, 0.6) is 0 Å². The number of benzene rings is 3. The summed E-state index contributed by atoms with van der Waals surface area (Å²) in [4.78, 5) is 39.6. The summed E-state index contributed by atoms with van der Waals surface area (Å²) in [5.41, 5.74) is 6.63. The van der Waals surface area contributed by atoms with Crippen molar-refractivity contribution in [3.05, 3.63) is 105 Å². The Bertz CT molecular complexity index is 2120. The SMILES string of the molecule is O=C(O)C(Cc1cccc(CN(Cc2csc3ccc(CC(C(=O)O)C4CCNC4)cc23)Cc2csc3ccc(CC(C(=O)O)C4CCNC4)cc23)c1)C1CCNC1. The Kier molecular flexibility index (Phi) is 12.9. The number of fused-ring (bicyclic) bond motifs is 2. The van der Waals surface area contributed by atoms with Gasteiger partial charge in [0.2, 0.25) is 0 Å². The van der Waals surface area contributed by atoms with Gasteiger partial charge in [-0.3, -0.25) is 19.3 Å². The molecule has 2 aromatic heterocycles. The van der Waals surface area contributed by atoms with Gasteiger partial charge >= 0.3 is 17.9 Å². The summed E-state index contributed by atoms with van der Waals surface area (Å²) >= 11 is 3.42. The van der Waals surface area contributed by atoms with E-state index in [1.165, 1.54) is 20.5 Å². The van der Waals surface area contributed by atoms with Crippen LogP contribution in [0.4, 0.5) is 0 Å². The fraction of sp³-hybridized carbons (Fsp3) is 0.457. The zero-order chi connectivity index (χ0) is 40.2. The first kappa shape index (κ1) is 40.6. The molecule has 3 aromatic carbocycles. The van der Waals surface area contributed by atoms with Crippen LogP contribution in [-0.4, -0.2) is 77.4 Å². The van der Waals surface area contributed by atoms with Crippen LogP contribution in [0, 0.1) is 35.5 Å². The van der Waals surface area contributed by atoms with Crippen molar-refractivity contribution in [2.24, 2.45) is 35.5 Å². The summed E-state index contributed by atoms with van der Waals surface area (Å²) in [5.74, 6) is -3.14. The van der Waals surface area contributed by atoms with Gasteiger partial charge in [0.1, 0.15) is 0 Å². The number of aliphatic carboxylic acids is 3. The quantitative estimate of drug-likeness (QED) is 0.0553. The maximum Gasteiger partial charge on any atom is 0.307 e. The molecule has 0 bridgehead atoms. The van der Waals surface area contributed by atoms with Crippen LogP contribution < -0.4 is 16.0 Å². The minimum Gasteiger partial charge on any atom is -0.481 e. The molecule has 5 aromatic rings. The minimum atomic E-state index is -0.739. The Labute approximate surface area is 347 Å². The van der Waals surface area contributed by atoms with E-state index in [0.717, 1.165) is 91.6 Å². The minimum absolute atomic E-state index is 0.118. The molecular weight excluding hydrogens is 769 g/mol. The van der Waals surface area contributed by atoms with Crippen LogP contribution in [0.2, 0.25) is 0 Å². The lowest BCUT2D eigenvalue weighted by Crippen LogP contribution is -2.27. The van der Waals surface area contributed by atoms with Crippen molar-refractivity contribution < 1.29 is 29.7 Å². The third kappa shape index (κ3) is 9.48. The molecule has 3 saturated heterocycles. The Morgan fingerprint density at radius 1 is 0.569 bits per heavy atom. The molecule has 12 heteroatoms. The molecule has 8 rings (SSSR count). The Morgan fingerprint density at radius 3 is 1.38 bits per heavy atom. The Hall–Kier alpha value is -4.17. The zero-order valence-electron chi connectivity index (χ0n) is 32.8. The molecule has 0 spiro atoms. The zero-order valence-corrected chi connectivity index (χ0v) is 34.5. The molecule has 0 saturated carbocycles. The summed E-state index contributed by atoms with van der Waals surface area (Å²) in [7, 11) is 0. The Morgan fingerprint density at radius 2 is 0.983 bits per heavy atom. The number of carbonyl (C=O) groups is 3. The molecule has 0 amide bonds. The predicted octanol–water partition coefficient (Wildman–Crippen LogP) is 6.88. The first-order chi connectivity index (χ1) is 28.2. The van der Waals surface area contributed by atoms with E-state index in [9.17, 15) is 29.7 Å². The summed E-state index contributed by atoms with van der Waals surface area (Å²) < 4.78 is 2.35. The molecule has 3 fully saturated rings. The molecule has 10 nitrogen and oxygen atoms in total. The van der Waals surface area contributed by atoms with Gasteiger partial charge in [-0.15, -0.1) is 22.7 Å². The van der Waals surface area contributed by atoms with E-state index < -0.39 is 35.7 Å². The molecule has 0 aliphatic carbocycles. The summed E-state index contributed by atoms with van der Waals surface area (Å²) in [6.07, 6.45) is 4.13. The summed E-state index contributed by atoms with van der Waals surface area (Å²) in [5, 5.41) is 47.3. The van der Waals surface area contributed by atoms with Gasteiger partial charge in [-0.05, 0) is 175 Å². The van der Waals surface area contributed by atoms with E-state index in [2.05, 4.69) is 80.1 Å². The highest BCUT2D eigenvalue weighted by Gasteiger charge is 2.33. The number of nitrogens with zero attached hydrogens (tertiary/aromatic N) is 1. The molecule has 306 valence electrons. The van der Waals surface area contributed by atoms with Gasteiger partial charge in [0.25, 0.3) is 0 Å². The molecular formula is C46H54N4O6S2. The van der Waals surface area contributed by atoms with Crippen LogP contribution in [0.25, 0.3) is 20.2 Å². The van der Waals surface area contributed by atoms with E-state index in [1.807, 2.05) is 12.1 Å². The van der Waals surface area contributed by atoms with Crippen LogP contribution in [-0.2, 0) is 53.3 Å². The molecule has 6 unspecified atom stereocenters. The normalized spacial score (nSPS) is 21.2. The predicted molar refractivity (Wildman–Crippen MR) is 230 cm³/mol. The topological polar surface area (TPSA) is 151 Å². The first-order valence-electron chi connectivity index (χ1n) is 20.8. The van der Waals surface area contributed by atoms with Gasteiger partial charge in [-0.25, -0.2) is 0 Å². The standard InChI is InChI=1S/C46H54N4O6S2/c51-44(52)39(32-8-11-47-20-32)17-28-2-1-3-31(14-28)23-50(24-35-26-57-42-6-4-29(15-37(35)42)18-40(45(53)54)33-9-12-48-21-33)25-36-27-58-43-7-5-30(16-38(36)43)19-41(46(55)56)34-10-13-49-22-34/h1-7,14-16,26-27,32-34,39-41,47-49H,8-13,17-25H2,(H,51,52)(H,53,54)(H,55,56). The van der Waals surface area contributed by atoms with Crippen LogP contribution in [0.15, 0.2) is 71.4 Å². The number of hydrogen-bond donors (Lipinski definition) is 6. The molecule has 6 N–H and O–H groups in total. The smallest absolute Gasteiger partial charge is 0.307 e. The third-order valence-electron chi connectivity index (χ3n) is 12.9. The molecule has 3 aliphatic rings. The van der Waals surface area contributed by atoms with Crippen LogP contribution in [0.1, 0.15) is 52.6 Å². The highest BCUT2D eigenvalue weighted by molar-refractivity contribution is 7.17. The highest BCUT2D eigenvalue weighted by Crippen LogP contribution is 2.34. The lowest BCUT2D eigenvalue weighted by Gasteiger charge is -2.24. The van der Waals surface area contributed by atoms with E-state index in [4.69, 9.17) is 0 Å². The third-order valence-corrected chi connectivity index (χ3v) is 15.0. The fourth-order valence-corrected chi connectivity index (χ4v) is 11.6. The monoisotopic (exact) mass is 822 g/mol. The molecule has 0 radical (unpaired) electrons. The number of carboxylic acids is 3. The van der Waals surface area contributed by atoms with Gasteiger partial charge < -0.3 is 31.3 Å². The largest absolute Gasteiger partial charge is 0.481 e. The maximum absolute atomic E-state index is 12.4. The van der Waals surface area contributed by atoms with Crippen molar-refractivity contribution in [1.29, 1.82) is 0 Å². The van der Waals surface area contributed by atoms with Gasteiger partial charge in [0.15, 0.2) is 0 Å². The van der Waals surface area contributed by atoms with E-state index in [1.54, 1.807) is 22.7 Å². The van der Waals surface area contributed by atoms with Crippen molar-refractivity contribution in [1.82, 2.24) is 20.9 Å². The van der Waals surface area contributed by atoms with Gasteiger partial charge in [-0.2, -0.15) is 0 Å². The van der Waals surface area contributed by atoms with Gasteiger partial charge in [-0.1, -0.05) is 36.4 Å². The van der Waals surface area contributed by atoms with E-state index in [-0.39, 0.29) is 17.8 Å². The fourth-order valence-electron chi connectivity index (χ4n) is 9.71. The number of hydrogen-bond acceptors (Lipinski definition) is 9. The lowest BCUT2D eigenvalue weighted by atomic mass is 9.86. The number of rotatable bonds is 18.